The van der Waals surface area contributed by atoms with Crippen molar-refractivity contribution in [3.63, 3.8) is 0 Å². The minimum Gasteiger partial charge on any atom is -0.472 e. The average molecular weight is 415 g/mol. The number of halogens is 3. The van der Waals surface area contributed by atoms with Crippen molar-refractivity contribution in [2.45, 2.75) is 24.1 Å². The molecular weight excluding hydrogens is 399 g/mol. The van der Waals surface area contributed by atoms with Crippen LogP contribution in [0.2, 0.25) is 0 Å². The Balaban J connectivity index is 1.62. The summed E-state index contributed by atoms with van der Waals surface area (Å²) < 4.78 is 69.7. The van der Waals surface area contributed by atoms with Gasteiger partial charge in [-0.2, -0.15) is 17.5 Å². The Kier molecular flexibility index (Phi) is 5.31. The minimum absolute atomic E-state index is 0.00624. The van der Waals surface area contributed by atoms with Crippen LogP contribution < -0.4 is 10.1 Å². The van der Waals surface area contributed by atoms with E-state index in [0.29, 0.717) is 5.69 Å². The quantitative estimate of drug-likeness (QED) is 0.811. The van der Waals surface area contributed by atoms with E-state index in [-0.39, 0.29) is 29.8 Å². The number of benzene rings is 1. The largest absolute Gasteiger partial charge is 0.472 e. The van der Waals surface area contributed by atoms with Gasteiger partial charge in [0.25, 0.3) is 0 Å². The van der Waals surface area contributed by atoms with Gasteiger partial charge in [0.15, 0.2) is 0 Å². The van der Waals surface area contributed by atoms with E-state index in [1.807, 2.05) is 0 Å². The molecule has 1 amide bonds. The molecule has 2 aromatic rings. The van der Waals surface area contributed by atoms with Crippen LogP contribution in [0.1, 0.15) is 12.5 Å². The van der Waals surface area contributed by atoms with Crippen LogP contribution >= 0.6 is 0 Å². The number of hydrogen-bond acceptors (Lipinski definition) is 5. The molecule has 0 aliphatic carbocycles. The lowest BCUT2D eigenvalue weighted by Gasteiger charge is -2.37. The highest BCUT2D eigenvalue weighted by molar-refractivity contribution is 7.89. The molecule has 0 spiro atoms. The van der Waals surface area contributed by atoms with Crippen molar-refractivity contribution in [3.8, 4) is 5.88 Å². The Hall–Kier alpha value is -2.66. The van der Waals surface area contributed by atoms with Crippen LogP contribution in [0.25, 0.3) is 0 Å². The molecule has 0 bridgehead atoms. The molecule has 1 aromatic carbocycles. The number of ether oxygens (including phenoxy) is 1. The van der Waals surface area contributed by atoms with E-state index in [2.05, 4.69) is 10.3 Å². The standard InChI is InChI=1S/C17H16F3N3O4S/c1-11(24)22-13-2-4-15(5-3-13)28(25,26)23-9-14(10-23)27-16-8-12(6-7-21-16)17(18,19)20/h2-8,14H,9-10H2,1H3,(H,22,24). The Labute approximate surface area is 159 Å². The van der Waals surface area contributed by atoms with Gasteiger partial charge in [-0.25, -0.2) is 13.4 Å². The molecule has 1 aromatic heterocycles. The maximum atomic E-state index is 12.7. The van der Waals surface area contributed by atoms with Gasteiger partial charge in [0.2, 0.25) is 21.8 Å². The van der Waals surface area contributed by atoms with Crippen LogP contribution in [-0.2, 0) is 21.0 Å². The van der Waals surface area contributed by atoms with Crippen molar-refractivity contribution in [1.29, 1.82) is 0 Å². The summed E-state index contributed by atoms with van der Waals surface area (Å²) in [5.74, 6) is -0.488. The molecule has 7 nitrogen and oxygen atoms in total. The Bertz CT molecular complexity index is 972. The van der Waals surface area contributed by atoms with Gasteiger partial charge >= 0.3 is 6.18 Å². The van der Waals surface area contributed by atoms with E-state index in [9.17, 15) is 26.4 Å². The molecule has 1 saturated heterocycles. The summed E-state index contributed by atoms with van der Waals surface area (Å²) in [7, 11) is -3.76. The second-order valence-electron chi connectivity index (χ2n) is 6.15. The highest BCUT2D eigenvalue weighted by Crippen LogP contribution is 2.31. The molecule has 0 radical (unpaired) electrons. The molecule has 2 heterocycles. The number of rotatable bonds is 5. The number of anilines is 1. The van der Waals surface area contributed by atoms with E-state index in [4.69, 9.17) is 4.74 Å². The van der Waals surface area contributed by atoms with Gasteiger partial charge in [-0.1, -0.05) is 0 Å². The monoisotopic (exact) mass is 415 g/mol. The van der Waals surface area contributed by atoms with Crippen molar-refractivity contribution in [1.82, 2.24) is 9.29 Å². The SMILES string of the molecule is CC(=O)Nc1ccc(S(=O)(=O)N2CC(Oc3cc(C(F)(F)F)ccn3)C2)cc1. The van der Waals surface area contributed by atoms with Crippen molar-refractivity contribution in [2.75, 3.05) is 18.4 Å². The highest BCUT2D eigenvalue weighted by atomic mass is 32.2. The summed E-state index contributed by atoms with van der Waals surface area (Å²) in [6.07, 6.45) is -4.12. The normalized spacial score (nSPS) is 15.7. The first-order valence-corrected chi connectivity index (χ1v) is 9.57. The summed E-state index contributed by atoms with van der Waals surface area (Å²) in [5.41, 5.74) is -0.424. The molecule has 1 N–H and O–H groups in total. The Morgan fingerprint density at radius 2 is 1.86 bits per heavy atom. The lowest BCUT2D eigenvalue weighted by Crippen LogP contribution is -2.56. The number of pyridine rings is 1. The second kappa shape index (κ2) is 7.40. The van der Waals surface area contributed by atoms with Gasteiger partial charge in [0.1, 0.15) is 6.10 Å². The molecule has 0 atom stereocenters. The van der Waals surface area contributed by atoms with Gasteiger partial charge in [-0.3, -0.25) is 4.79 Å². The Morgan fingerprint density at radius 3 is 2.43 bits per heavy atom. The van der Waals surface area contributed by atoms with Crippen molar-refractivity contribution >= 4 is 21.6 Å². The van der Waals surface area contributed by atoms with Gasteiger partial charge in [0.05, 0.1) is 23.5 Å². The zero-order valence-corrected chi connectivity index (χ0v) is 15.4. The Morgan fingerprint density at radius 1 is 1.21 bits per heavy atom. The number of nitrogens with zero attached hydrogens (tertiary/aromatic N) is 2. The molecule has 11 heteroatoms. The van der Waals surface area contributed by atoms with Gasteiger partial charge in [-0.05, 0) is 30.3 Å². The number of amides is 1. The molecule has 28 heavy (non-hydrogen) atoms. The number of hydrogen-bond donors (Lipinski definition) is 1. The van der Waals surface area contributed by atoms with Crippen molar-refractivity contribution in [3.05, 3.63) is 48.2 Å². The predicted molar refractivity (Wildman–Crippen MR) is 93.2 cm³/mol. The zero-order chi connectivity index (χ0) is 20.5. The molecule has 150 valence electrons. The maximum Gasteiger partial charge on any atom is 0.416 e. The number of nitrogens with one attached hydrogen (secondary N) is 1. The lowest BCUT2D eigenvalue weighted by atomic mass is 10.2. The van der Waals surface area contributed by atoms with E-state index in [1.165, 1.54) is 31.2 Å². The molecule has 0 unspecified atom stereocenters. The predicted octanol–water partition coefficient (Wildman–Crippen LogP) is 2.51. The van der Waals surface area contributed by atoms with Crippen molar-refractivity contribution < 1.29 is 31.1 Å². The molecule has 1 fully saturated rings. The van der Waals surface area contributed by atoms with Crippen LogP contribution in [0, 0.1) is 0 Å². The van der Waals surface area contributed by atoms with E-state index in [0.717, 1.165) is 22.6 Å². The number of sulfonamides is 1. The smallest absolute Gasteiger partial charge is 0.416 e. The summed E-state index contributed by atoms with van der Waals surface area (Å²) in [6.45, 7) is 1.32. The van der Waals surface area contributed by atoms with Crippen LogP contribution in [-0.4, -0.2) is 42.8 Å². The summed E-state index contributed by atoms with van der Waals surface area (Å²) >= 11 is 0. The van der Waals surface area contributed by atoms with Crippen LogP contribution in [0.3, 0.4) is 0 Å². The van der Waals surface area contributed by atoms with E-state index < -0.39 is 27.9 Å². The van der Waals surface area contributed by atoms with Gasteiger partial charge < -0.3 is 10.1 Å². The molecular formula is C17H16F3N3O4S. The third kappa shape index (κ3) is 4.42. The highest BCUT2D eigenvalue weighted by Gasteiger charge is 2.39. The summed E-state index contributed by atoms with van der Waals surface area (Å²) in [6, 6.07) is 7.27. The first-order valence-electron chi connectivity index (χ1n) is 8.13. The zero-order valence-electron chi connectivity index (χ0n) is 14.6. The average Bonchev–Trinajstić information content (AvgIpc) is 2.57. The van der Waals surface area contributed by atoms with Crippen LogP contribution in [0.5, 0.6) is 5.88 Å². The molecule has 0 saturated carbocycles. The lowest BCUT2D eigenvalue weighted by molar-refractivity contribution is -0.137. The van der Waals surface area contributed by atoms with Crippen LogP contribution in [0.4, 0.5) is 18.9 Å². The summed E-state index contributed by atoms with van der Waals surface area (Å²) in [4.78, 5) is 14.8. The van der Waals surface area contributed by atoms with Crippen LogP contribution in [0.15, 0.2) is 47.5 Å². The minimum atomic E-state index is -4.51. The van der Waals surface area contributed by atoms with Crippen molar-refractivity contribution in [2.24, 2.45) is 0 Å². The third-order valence-electron chi connectivity index (χ3n) is 3.98. The molecule has 3 rings (SSSR count). The second-order valence-corrected chi connectivity index (χ2v) is 8.09. The van der Waals surface area contributed by atoms with Gasteiger partial charge in [0, 0.05) is 24.9 Å². The number of carbonyl (C=O) groups excluding carboxylic acids is 1. The van der Waals surface area contributed by atoms with E-state index in [1.54, 1.807) is 0 Å². The first kappa shape index (κ1) is 20.1. The number of carbonyl (C=O) groups is 1. The van der Waals surface area contributed by atoms with Gasteiger partial charge in [-0.15, -0.1) is 0 Å². The first-order chi connectivity index (χ1) is 13.1. The maximum absolute atomic E-state index is 12.7. The number of alkyl halides is 3. The van der Waals surface area contributed by atoms with E-state index >= 15 is 0 Å². The summed E-state index contributed by atoms with van der Waals surface area (Å²) in [5, 5.41) is 2.54. The third-order valence-corrected chi connectivity index (χ3v) is 5.82. The topological polar surface area (TPSA) is 88.6 Å². The fraction of sp³-hybridized carbons (Fsp3) is 0.294. The molecule has 1 aliphatic rings. The number of aromatic nitrogens is 1. The fourth-order valence-electron chi connectivity index (χ4n) is 2.56. The molecule has 1 aliphatic heterocycles. The fourth-order valence-corrected chi connectivity index (χ4v) is 4.06.